The van der Waals surface area contributed by atoms with Gasteiger partial charge in [0.2, 0.25) is 5.91 Å². The highest BCUT2D eigenvalue weighted by molar-refractivity contribution is 6.34. The van der Waals surface area contributed by atoms with Crippen molar-refractivity contribution in [1.29, 1.82) is 0 Å². The first-order valence-corrected chi connectivity index (χ1v) is 11.5. The lowest BCUT2D eigenvalue weighted by atomic mass is 9.84. The van der Waals surface area contributed by atoms with Crippen molar-refractivity contribution in [2.24, 2.45) is 10.7 Å². The summed E-state index contributed by atoms with van der Waals surface area (Å²) in [5, 5.41) is 14.3. The second-order valence-corrected chi connectivity index (χ2v) is 9.82. The van der Waals surface area contributed by atoms with E-state index in [1.54, 1.807) is 13.0 Å². The van der Waals surface area contributed by atoms with E-state index in [9.17, 15) is 18.7 Å². The Morgan fingerprint density at radius 2 is 2.03 bits per heavy atom. The highest BCUT2D eigenvalue weighted by atomic mass is 35.5. The smallest absolute Gasteiger partial charge is 0.273 e. The summed E-state index contributed by atoms with van der Waals surface area (Å²) < 4.78 is 32.9. The molecule has 3 N–H and O–H groups in total. The normalized spacial score (nSPS) is 28.9. The number of carbonyl (C=O) groups excluding carboxylic acids is 1. The van der Waals surface area contributed by atoms with Gasteiger partial charge in [0.15, 0.2) is 11.7 Å². The fourth-order valence-corrected chi connectivity index (χ4v) is 5.26. The molecule has 0 unspecified atom stereocenters. The Morgan fingerprint density at radius 3 is 2.68 bits per heavy atom. The predicted molar refractivity (Wildman–Crippen MR) is 125 cm³/mol. The van der Waals surface area contributed by atoms with Crippen molar-refractivity contribution in [2.75, 3.05) is 0 Å². The van der Waals surface area contributed by atoms with Crippen molar-refractivity contribution in [3.05, 3.63) is 40.5 Å². The molecule has 0 spiro atoms. The molecule has 1 aromatic heterocycles. The Hall–Kier alpha value is -2.23. The summed E-state index contributed by atoms with van der Waals surface area (Å²) in [6.07, 6.45) is -0.395. The lowest BCUT2D eigenvalue weighted by Gasteiger charge is -2.43. The number of nitrogens with zero attached hydrogens (tertiary/aromatic N) is 3. The molecule has 2 saturated carbocycles. The van der Waals surface area contributed by atoms with Gasteiger partial charge in [0.25, 0.3) is 5.92 Å². The van der Waals surface area contributed by atoms with Gasteiger partial charge in [0, 0.05) is 36.4 Å². The molecule has 1 aliphatic heterocycles. The number of aliphatic hydroxyl groups excluding tert-OH is 1. The maximum atomic E-state index is 13.7. The van der Waals surface area contributed by atoms with Gasteiger partial charge in [-0.15, -0.1) is 12.4 Å². The molecule has 1 aromatic carbocycles. The second kappa shape index (κ2) is 8.77. The number of guanidine groups is 1. The molecular weight excluding hydrogens is 489 g/mol. The number of amides is 1. The minimum absolute atomic E-state index is 0. The first kappa shape index (κ1) is 24.9. The van der Waals surface area contributed by atoms with E-state index in [4.69, 9.17) is 21.9 Å². The van der Waals surface area contributed by atoms with Crippen LogP contribution in [0.2, 0.25) is 5.02 Å². The van der Waals surface area contributed by atoms with E-state index in [2.05, 4.69) is 10.1 Å². The number of rotatable bonds is 4. The van der Waals surface area contributed by atoms with Gasteiger partial charge >= 0.3 is 0 Å². The largest absolute Gasteiger partial charge is 0.387 e. The Bertz CT molecular complexity index is 1140. The molecule has 2 heterocycles. The molecule has 3 atom stereocenters. The van der Waals surface area contributed by atoms with E-state index in [1.165, 1.54) is 4.90 Å². The predicted octanol–water partition coefficient (Wildman–Crippen LogP) is 4.61. The van der Waals surface area contributed by atoms with Crippen LogP contribution in [0.4, 0.5) is 8.78 Å². The zero-order chi connectivity index (χ0) is 23.5. The van der Waals surface area contributed by atoms with Crippen LogP contribution in [0.5, 0.6) is 0 Å². The van der Waals surface area contributed by atoms with Crippen molar-refractivity contribution >= 4 is 35.9 Å². The molecule has 7 nitrogen and oxygen atoms in total. The first-order valence-electron chi connectivity index (χ1n) is 11.1. The van der Waals surface area contributed by atoms with Gasteiger partial charge in [-0.1, -0.05) is 28.9 Å². The molecule has 0 bridgehead atoms. The third-order valence-corrected chi connectivity index (χ3v) is 7.31. The fourth-order valence-electron chi connectivity index (χ4n) is 4.83. The molecule has 34 heavy (non-hydrogen) atoms. The Morgan fingerprint density at radius 1 is 1.29 bits per heavy atom. The van der Waals surface area contributed by atoms with Crippen LogP contribution in [-0.4, -0.2) is 45.1 Å². The van der Waals surface area contributed by atoms with Crippen LogP contribution in [-0.2, 0) is 10.3 Å². The van der Waals surface area contributed by atoms with E-state index in [1.807, 2.05) is 18.2 Å². The second-order valence-electron chi connectivity index (χ2n) is 9.45. The summed E-state index contributed by atoms with van der Waals surface area (Å²) in [6, 6.07) is 6.68. The number of hydrogen-bond acceptors (Lipinski definition) is 6. The number of alkyl halides is 2. The van der Waals surface area contributed by atoms with Crippen molar-refractivity contribution in [3.63, 3.8) is 0 Å². The quantitative estimate of drug-likeness (QED) is 0.619. The Labute approximate surface area is 206 Å². The molecule has 11 heteroatoms. The standard InChI is InChI=1S/C23H25ClF2N4O3.ClH/c1-22(11-19(32)30(21(27)28-22)13-7-8-23(25,26)18(31)9-13)15-4-2-3-14(20(15)24)17-10-16(29-33-17)12-5-6-12;/h2-4,10,12-13,18,31H,5-9,11H2,1H3,(H2,27,28);1H/t13-,18-,22-;/m0./s1. The minimum Gasteiger partial charge on any atom is -0.387 e. The average Bonchev–Trinajstić information content (AvgIpc) is 3.47. The summed E-state index contributed by atoms with van der Waals surface area (Å²) >= 11 is 6.76. The van der Waals surface area contributed by atoms with Crippen LogP contribution in [0.15, 0.2) is 33.8 Å². The topological polar surface area (TPSA) is 105 Å². The van der Waals surface area contributed by atoms with Gasteiger partial charge in [0.1, 0.15) is 6.10 Å². The summed E-state index contributed by atoms with van der Waals surface area (Å²) in [4.78, 5) is 19.0. The van der Waals surface area contributed by atoms with Gasteiger partial charge < -0.3 is 15.4 Å². The number of benzene rings is 1. The van der Waals surface area contributed by atoms with Crippen LogP contribution in [0.3, 0.4) is 0 Å². The monoisotopic (exact) mass is 514 g/mol. The maximum Gasteiger partial charge on any atom is 0.273 e. The van der Waals surface area contributed by atoms with Crippen LogP contribution >= 0.6 is 24.0 Å². The van der Waals surface area contributed by atoms with Gasteiger partial charge in [0.05, 0.1) is 22.7 Å². The van der Waals surface area contributed by atoms with E-state index in [-0.39, 0.29) is 43.5 Å². The zero-order valence-electron chi connectivity index (χ0n) is 18.5. The van der Waals surface area contributed by atoms with Gasteiger partial charge in [-0.2, -0.15) is 0 Å². The Kier molecular flexibility index (Phi) is 6.42. The molecular formula is C23H26Cl2F2N4O3. The van der Waals surface area contributed by atoms with Crippen LogP contribution in [0.1, 0.15) is 62.6 Å². The minimum atomic E-state index is -3.16. The zero-order valence-corrected chi connectivity index (χ0v) is 20.1. The molecule has 2 aliphatic carbocycles. The average molecular weight is 515 g/mol. The number of halogens is 4. The van der Waals surface area contributed by atoms with Crippen LogP contribution in [0, 0.1) is 0 Å². The van der Waals surface area contributed by atoms with E-state index in [0.717, 1.165) is 18.5 Å². The number of aromatic nitrogens is 1. The summed E-state index contributed by atoms with van der Waals surface area (Å²) in [6.45, 7) is 1.76. The molecule has 184 valence electrons. The van der Waals surface area contributed by atoms with Gasteiger partial charge in [-0.25, -0.2) is 13.8 Å². The highest BCUT2D eigenvalue weighted by Gasteiger charge is 2.48. The molecule has 0 saturated heterocycles. The van der Waals surface area contributed by atoms with Crippen molar-refractivity contribution in [1.82, 2.24) is 10.1 Å². The molecule has 2 fully saturated rings. The molecule has 1 amide bonds. The summed E-state index contributed by atoms with van der Waals surface area (Å²) in [7, 11) is 0. The number of carbonyl (C=O) groups is 1. The molecule has 3 aliphatic rings. The first-order chi connectivity index (χ1) is 15.6. The SMILES string of the molecule is C[C@@]1(c2cccc(-c3cc(C4CC4)no3)c2Cl)CC(=O)N([C@H]2CCC(F)(F)[C@@H](O)C2)C(N)=N1.Cl. The maximum absolute atomic E-state index is 13.7. The number of aliphatic imine (C=N–C) groups is 1. The van der Waals surface area contributed by atoms with E-state index >= 15 is 0 Å². The molecule has 0 radical (unpaired) electrons. The van der Waals surface area contributed by atoms with Crippen molar-refractivity contribution in [3.8, 4) is 11.3 Å². The van der Waals surface area contributed by atoms with E-state index in [0.29, 0.717) is 27.8 Å². The van der Waals surface area contributed by atoms with Crippen molar-refractivity contribution in [2.45, 2.75) is 75.0 Å². The number of nitrogens with two attached hydrogens (primary N) is 1. The Balaban J connectivity index is 0.00000274. The van der Waals surface area contributed by atoms with Crippen LogP contribution in [0.25, 0.3) is 11.3 Å². The van der Waals surface area contributed by atoms with Gasteiger partial charge in [-0.05, 0) is 37.8 Å². The fraction of sp³-hybridized carbons (Fsp3) is 0.522. The third kappa shape index (κ3) is 4.29. The summed E-state index contributed by atoms with van der Waals surface area (Å²) in [5.74, 6) is -2.58. The highest BCUT2D eigenvalue weighted by Crippen LogP contribution is 2.45. The lowest BCUT2D eigenvalue weighted by Crippen LogP contribution is -2.57. The van der Waals surface area contributed by atoms with E-state index < -0.39 is 30.0 Å². The van der Waals surface area contributed by atoms with Crippen molar-refractivity contribution < 1.29 is 23.2 Å². The number of hydrogen-bond donors (Lipinski definition) is 2. The third-order valence-electron chi connectivity index (χ3n) is 6.90. The van der Waals surface area contributed by atoms with Gasteiger partial charge in [-0.3, -0.25) is 9.69 Å². The van der Waals surface area contributed by atoms with Crippen LogP contribution < -0.4 is 5.73 Å². The molecule has 5 rings (SSSR count). The summed E-state index contributed by atoms with van der Waals surface area (Å²) in [5.41, 5.74) is 7.31. The molecule has 2 aromatic rings. The lowest BCUT2D eigenvalue weighted by molar-refractivity contribution is -0.151. The number of aliphatic hydroxyl groups is 1.